The fourth-order valence-corrected chi connectivity index (χ4v) is 3.20. The summed E-state index contributed by atoms with van der Waals surface area (Å²) in [6.07, 6.45) is 1.18. The first-order valence-corrected chi connectivity index (χ1v) is 9.20. The van der Waals surface area contributed by atoms with E-state index in [-0.39, 0.29) is 5.41 Å². The number of hydrogen-bond acceptors (Lipinski definition) is 2. The first kappa shape index (κ1) is 21.3. The Kier molecular flexibility index (Phi) is 8.57. The normalized spacial score (nSPS) is 16.8. The first-order chi connectivity index (χ1) is 9.98. The molecule has 0 saturated carbocycles. The molecule has 3 unspecified atom stereocenters. The molecule has 0 aromatic rings. The van der Waals surface area contributed by atoms with Crippen molar-refractivity contribution in [3.05, 3.63) is 12.4 Å². The molecule has 0 aliphatic heterocycles. The van der Waals surface area contributed by atoms with Crippen LogP contribution in [0.25, 0.3) is 0 Å². The topological polar surface area (TPSA) is 24.1 Å². The van der Waals surface area contributed by atoms with Gasteiger partial charge in [-0.3, -0.25) is 0 Å². The quantitative estimate of drug-likeness (QED) is 0.563. The summed E-state index contributed by atoms with van der Waals surface area (Å²) in [7, 11) is 0. The third-order valence-corrected chi connectivity index (χ3v) is 6.10. The fraction of sp³-hybridized carbons (Fsp3) is 0.900. The van der Waals surface area contributed by atoms with E-state index in [4.69, 9.17) is 0 Å². The van der Waals surface area contributed by atoms with Gasteiger partial charge in [0.15, 0.2) is 0 Å². The van der Waals surface area contributed by atoms with Gasteiger partial charge in [-0.2, -0.15) is 0 Å². The minimum Gasteiger partial charge on any atom is -0.370 e. The van der Waals surface area contributed by atoms with E-state index in [2.05, 4.69) is 86.4 Å². The third-order valence-electron chi connectivity index (χ3n) is 6.10. The van der Waals surface area contributed by atoms with Crippen LogP contribution in [0.15, 0.2) is 12.4 Å². The molecule has 0 spiro atoms. The summed E-state index contributed by atoms with van der Waals surface area (Å²) in [6.45, 7) is 27.4. The zero-order valence-corrected chi connectivity index (χ0v) is 16.9. The minimum atomic E-state index is 0.237. The van der Waals surface area contributed by atoms with E-state index >= 15 is 0 Å². The SMILES string of the molecule is C=C(NC(C)C(C)C)NC(C(C)CC)C(C)(C(C)C)C(C)C. The molecule has 2 N–H and O–H groups in total. The van der Waals surface area contributed by atoms with E-state index < -0.39 is 0 Å². The van der Waals surface area contributed by atoms with Crippen LogP contribution in [-0.2, 0) is 0 Å². The lowest BCUT2D eigenvalue weighted by Gasteiger charge is -2.48. The molecule has 2 nitrogen and oxygen atoms in total. The van der Waals surface area contributed by atoms with E-state index in [1.54, 1.807) is 0 Å². The van der Waals surface area contributed by atoms with E-state index in [9.17, 15) is 0 Å². The Balaban J connectivity index is 5.26. The van der Waals surface area contributed by atoms with Crippen LogP contribution in [0.3, 0.4) is 0 Å². The molecule has 0 aromatic heterocycles. The highest BCUT2D eigenvalue weighted by Gasteiger charge is 2.42. The Morgan fingerprint density at radius 1 is 0.909 bits per heavy atom. The van der Waals surface area contributed by atoms with Crippen LogP contribution in [0.4, 0.5) is 0 Å². The second-order valence-electron chi connectivity index (χ2n) is 8.34. The molecule has 0 saturated heterocycles. The molecule has 0 aliphatic carbocycles. The Bertz CT molecular complexity index is 323. The standard InChI is InChI=1S/C20H42N2/c1-12-16(8)19(20(11,14(4)5)15(6)7)22-18(10)21-17(9)13(2)3/h13-17,19,21-22H,10,12H2,1-9,11H3. The maximum absolute atomic E-state index is 4.24. The lowest BCUT2D eigenvalue weighted by molar-refractivity contribution is 0.0524. The zero-order valence-electron chi connectivity index (χ0n) is 16.9. The van der Waals surface area contributed by atoms with Crippen molar-refractivity contribution < 1.29 is 0 Å². The molecule has 0 bridgehead atoms. The van der Waals surface area contributed by atoms with Crippen molar-refractivity contribution in [1.82, 2.24) is 10.6 Å². The van der Waals surface area contributed by atoms with Gasteiger partial charge in [-0.1, -0.05) is 75.3 Å². The van der Waals surface area contributed by atoms with Gasteiger partial charge in [-0.15, -0.1) is 0 Å². The molecule has 2 heteroatoms. The average Bonchev–Trinajstić information content (AvgIpc) is 2.42. The Morgan fingerprint density at radius 3 is 1.68 bits per heavy atom. The molecule has 0 aromatic carbocycles. The molecule has 0 radical (unpaired) electrons. The van der Waals surface area contributed by atoms with Gasteiger partial charge in [0.05, 0.1) is 5.82 Å². The van der Waals surface area contributed by atoms with Crippen molar-refractivity contribution in [2.45, 2.75) is 87.7 Å². The summed E-state index contributed by atoms with van der Waals surface area (Å²) in [5.41, 5.74) is 0.237. The summed E-state index contributed by atoms with van der Waals surface area (Å²) < 4.78 is 0. The summed E-state index contributed by atoms with van der Waals surface area (Å²) in [5, 5.41) is 7.28. The lowest BCUT2D eigenvalue weighted by atomic mass is 9.62. The molecule has 0 fully saturated rings. The van der Waals surface area contributed by atoms with Gasteiger partial charge < -0.3 is 10.6 Å². The van der Waals surface area contributed by atoms with Crippen molar-refractivity contribution >= 4 is 0 Å². The highest BCUT2D eigenvalue weighted by atomic mass is 15.1. The van der Waals surface area contributed by atoms with Crippen LogP contribution < -0.4 is 10.6 Å². The third kappa shape index (κ3) is 5.21. The smallest absolute Gasteiger partial charge is 0.0916 e. The molecule has 0 aliphatic rings. The second kappa shape index (κ2) is 8.84. The highest BCUT2D eigenvalue weighted by Crippen LogP contribution is 2.42. The van der Waals surface area contributed by atoms with E-state index in [1.165, 1.54) is 6.42 Å². The average molecular weight is 311 g/mol. The Labute approximate surface area is 140 Å². The van der Waals surface area contributed by atoms with Gasteiger partial charge >= 0.3 is 0 Å². The monoisotopic (exact) mass is 310 g/mol. The van der Waals surface area contributed by atoms with Crippen molar-refractivity contribution in [1.29, 1.82) is 0 Å². The van der Waals surface area contributed by atoms with Crippen LogP contribution >= 0.6 is 0 Å². The van der Waals surface area contributed by atoms with Crippen molar-refractivity contribution in [3.63, 3.8) is 0 Å². The maximum Gasteiger partial charge on any atom is 0.0916 e. The number of hydrogen-bond donors (Lipinski definition) is 2. The molecule has 132 valence electrons. The predicted molar refractivity (Wildman–Crippen MR) is 101 cm³/mol. The fourth-order valence-electron chi connectivity index (χ4n) is 3.20. The molecule has 0 heterocycles. The summed E-state index contributed by atoms with van der Waals surface area (Å²) in [5.74, 6) is 3.42. The summed E-state index contributed by atoms with van der Waals surface area (Å²) in [4.78, 5) is 0. The van der Waals surface area contributed by atoms with Crippen molar-refractivity contribution in [2.24, 2.45) is 29.1 Å². The first-order valence-electron chi connectivity index (χ1n) is 9.20. The summed E-state index contributed by atoms with van der Waals surface area (Å²) >= 11 is 0. The lowest BCUT2D eigenvalue weighted by Crippen LogP contribution is -2.54. The van der Waals surface area contributed by atoms with Crippen LogP contribution in [0.5, 0.6) is 0 Å². The Morgan fingerprint density at radius 2 is 1.36 bits per heavy atom. The molecular weight excluding hydrogens is 268 g/mol. The van der Waals surface area contributed by atoms with Crippen LogP contribution in [0.2, 0.25) is 0 Å². The molecular formula is C20H42N2. The van der Waals surface area contributed by atoms with Crippen molar-refractivity contribution in [3.8, 4) is 0 Å². The Hall–Kier alpha value is -0.660. The van der Waals surface area contributed by atoms with Crippen LogP contribution in [0, 0.1) is 29.1 Å². The van der Waals surface area contributed by atoms with E-state index in [0.717, 1.165) is 5.82 Å². The van der Waals surface area contributed by atoms with E-state index in [1.807, 2.05) is 0 Å². The highest BCUT2D eigenvalue weighted by molar-refractivity contribution is 5.02. The van der Waals surface area contributed by atoms with Crippen LogP contribution in [-0.4, -0.2) is 12.1 Å². The van der Waals surface area contributed by atoms with Gasteiger partial charge in [-0.25, -0.2) is 0 Å². The van der Waals surface area contributed by atoms with Gasteiger partial charge in [0.2, 0.25) is 0 Å². The van der Waals surface area contributed by atoms with Gasteiger partial charge in [0, 0.05) is 12.1 Å². The largest absolute Gasteiger partial charge is 0.370 e. The zero-order chi connectivity index (χ0) is 17.7. The number of rotatable bonds is 10. The molecule has 0 amide bonds. The maximum atomic E-state index is 4.24. The number of nitrogens with one attached hydrogen (secondary N) is 2. The predicted octanol–water partition coefficient (Wildman–Crippen LogP) is 5.41. The summed E-state index contributed by atoms with van der Waals surface area (Å²) in [6, 6.07) is 0.860. The van der Waals surface area contributed by atoms with Crippen LogP contribution in [0.1, 0.15) is 75.7 Å². The molecule has 0 rings (SSSR count). The molecule has 22 heavy (non-hydrogen) atoms. The van der Waals surface area contributed by atoms with E-state index in [0.29, 0.717) is 35.8 Å². The second-order valence-corrected chi connectivity index (χ2v) is 8.34. The molecule has 3 atom stereocenters. The minimum absolute atomic E-state index is 0.237. The van der Waals surface area contributed by atoms with Gasteiger partial charge in [0.25, 0.3) is 0 Å². The van der Waals surface area contributed by atoms with Gasteiger partial charge in [-0.05, 0) is 36.0 Å². The van der Waals surface area contributed by atoms with Gasteiger partial charge in [0.1, 0.15) is 0 Å². The van der Waals surface area contributed by atoms with Crippen molar-refractivity contribution in [2.75, 3.05) is 0 Å².